The predicted molar refractivity (Wildman–Crippen MR) is 156 cm³/mol. The molecule has 0 atom stereocenters. The molecular weight excluding hydrogens is 595 g/mol. The van der Waals surface area contributed by atoms with Gasteiger partial charge in [-0.05, 0) is 58.4 Å². The van der Waals surface area contributed by atoms with Gasteiger partial charge in [-0.3, -0.25) is 12.2 Å². The first-order valence-electron chi connectivity index (χ1n) is 14.0. The molecule has 5 aliphatic carbocycles. The third-order valence-corrected chi connectivity index (χ3v) is 9.70. The third kappa shape index (κ3) is 6.63. The molecule has 0 aliphatic heterocycles. The van der Waals surface area contributed by atoms with Crippen molar-refractivity contribution in [2.45, 2.75) is 97.3 Å². The number of rotatable bonds is 0. The monoisotopic (exact) mass is 632 g/mol. The van der Waals surface area contributed by atoms with Crippen molar-refractivity contribution in [3.63, 3.8) is 0 Å². The zero-order valence-electron chi connectivity index (χ0n) is 24.3. The Morgan fingerprint density at radius 2 is 1.38 bits per heavy atom. The minimum absolute atomic E-state index is 0. The normalized spacial score (nSPS) is 19.5. The summed E-state index contributed by atoms with van der Waals surface area (Å²) in [4.78, 5) is 0. The van der Waals surface area contributed by atoms with Crippen molar-refractivity contribution in [3.05, 3.63) is 94.1 Å². The van der Waals surface area contributed by atoms with E-state index in [0.29, 0.717) is 0 Å². The van der Waals surface area contributed by atoms with E-state index >= 15 is 0 Å². The van der Waals surface area contributed by atoms with Gasteiger partial charge in [-0.25, -0.2) is 17.7 Å². The number of halogens is 2. The summed E-state index contributed by atoms with van der Waals surface area (Å²) < 4.78 is 1.80. The first-order chi connectivity index (χ1) is 17.6. The molecule has 0 nitrogen and oxygen atoms in total. The molecule has 0 radical (unpaired) electrons. The van der Waals surface area contributed by atoms with Gasteiger partial charge in [0.1, 0.15) is 0 Å². The van der Waals surface area contributed by atoms with Crippen molar-refractivity contribution in [2.24, 2.45) is 0 Å². The number of fused-ring (bicyclic) bond motifs is 5. The Kier molecular flexibility index (Phi) is 10.5. The van der Waals surface area contributed by atoms with E-state index in [4.69, 9.17) is 0 Å². The maximum absolute atomic E-state index is 3.65. The average Bonchev–Trinajstić information content (AvgIpc) is 3.61. The molecule has 0 saturated heterocycles. The number of allylic oxidation sites excluding steroid dienone is 8. The van der Waals surface area contributed by atoms with Crippen LogP contribution in [0.3, 0.4) is 0 Å². The predicted octanol–water partition coefficient (Wildman–Crippen LogP) is 3.43. The third-order valence-electron chi connectivity index (χ3n) is 8.47. The Hall–Kier alpha value is -1.27. The summed E-state index contributed by atoms with van der Waals surface area (Å²) >= 11 is 1.69. The van der Waals surface area contributed by atoms with Crippen LogP contribution in [0.5, 0.6) is 0 Å². The van der Waals surface area contributed by atoms with E-state index in [-0.39, 0.29) is 35.6 Å². The summed E-state index contributed by atoms with van der Waals surface area (Å²) in [5.41, 5.74) is 14.5. The summed E-state index contributed by atoms with van der Waals surface area (Å²) in [5, 5.41) is 0. The minimum atomic E-state index is 0. The van der Waals surface area contributed by atoms with Gasteiger partial charge < -0.3 is 24.8 Å². The number of hydrogen-bond acceptors (Lipinski definition) is 0. The summed E-state index contributed by atoms with van der Waals surface area (Å²) in [6.45, 7) is 13.7. The summed E-state index contributed by atoms with van der Waals surface area (Å²) in [5.74, 6) is 0. The van der Waals surface area contributed by atoms with Gasteiger partial charge in [0.15, 0.2) is 0 Å². The van der Waals surface area contributed by atoms with E-state index in [1.54, 1.807) is 27.4 Å². The molecule has 39 heavy (non-hydrogen) atoms. The van der Waals surface area contributed by atoms with Crippen LogP contribution >= 0.6 is 0 Å². The zero-order chi connectivity index (χ0) is 26.4. The van der Waals surface area contributed by atoms with Gasteiger partial charge in [0.2, 0.25) is 0 Å². The van der Waals surface area contributed by atoms with Gasteiger partial charge in [0.25, 0.3) is 0 Å². The molecule has 0 amide bonds. The molecule has 0 spiro atoms. The van der Waals surface area contributed by atoms with Crippen LogP contribution in [0.1, 0.15) is 113 Å². The molecule has 2 aromatic carbocycles. The topological polar surface area (TPSA) is 0 Å². The van der Waals surface area contributed by atoms with Gasteiger partial charge in [-0.2, -0.15) is 11.6 Å². The van der Waals surface area contributed by atoms with Crippen LogP contribution in [-0.2, 0) is 41.5 Å². The van der Waals surface area contributed by atoms with Crippen molar-refractivity contribution in [1.82, 2.24) is 0 Å². The van der Waals surface area contributed by atoms with Crippen LogP contribution in [0.2, 0.25) is 0 Å². The molecule has 0 aromatic heterocycles. The Balaban J connectivity index is 0.000000250. The average molecular weight is 635 g/mol. The van der Waals surface area contributed by atoms with E-state index in [1.165, 1.54) is 87.8 Å². The van der Waals surface area contributed by atoms with Crippen molar-refractivity contribution in [1.29, 1.82) is 0 Å². The number of benzene rings is 2. The number of hydrogen-bond donors (Lipinski definition) is 0. The molecule has 2 aromatic rings. The molecule has 1 saturated carbocycles. The Morgan fingerprint density at radius 1 is 0.769 bits per heavy atom. The fraction of sp³-hybridized carbons (Fsp3) is 0.417. The van der Waals surface area contributed by atoms with Gasteiger partial charge in [0.05, 0.1) is 0 Å². The van der Waals surface area contributed by atoms with Gasteiger partial charge in [-0.15, -0.1) is 18.1 Å². The molecule has 0 bridgehead atoms. The van der Waals surface area contributed by atoms with Gasteiger partial charge in [-0.1, -0.05) is 58.2 Å². The van der Waals surface area contributed by atoms with E-state index in [1.807, 2.05) is 12.2 Å². The quantitative estimate of drug-likeness (QED) is 0.333. The van der Waals surface area contributed by atoms with Crippen LogP contribution in [0.25, 0.3) is 22.3 Å². The van der Waals surface area contributed by atoms with Gasteiger partial charge in [0, 0.05) is 5.41 Å². The van der Waals surface area contributed by atoms with E-state index in [9.17, 15) is 0 Å². The van der Waals surface area contributed by atoms with Crippen molar-refractivity contribution in [3.8, 4) is 11.1 Å². The fourth-order valence-electron chi connectivity index (χ4n) is 6.59. The molecule has 3 heteroatoms. The van der Waals surface area contributed by atoms with Crippen LogP contribution in [0, 0.1) is 12.2 Å². The summed E-state index contributed by atoms with van der Waals surface area (Å²) in [7, 11) is 0. The molecule has 1 fully saturated rings. The Morgan fingerprint density at radius 3 is 1.90 bits per heavy atom. The first-order valence-corrected chi connectivity index (χ1v) is 15.2. The molecule has 0 unspecified atom stereocenters. The van der Waals surface area contributed by atoms with Crippen LogP contribution in [0.4, 0.5) is 0 Å². The fourth-order valence-corrected chi connectivity index (χ4v) is 7.46. The molecule has 204 valence electrons. The summed E-state index contributed by atoms with van der Waals surface area (Å²) in [6, 6.07) is 9.81. The molecule has 7 rings (SSSR count). The second-order valence-corrected chi connectivity index (χ2v) is 14.1. The molecule has 5 aliphatic rings. The molecule has 0 heterocycles. The van der Waals surface area contributed by atoms with E-state index in [0.717, 1.165) is 12.8 Å². The Labute approximate surface area is 264 Å². The van der Waals surface area contributed by atoms with Crippen LogP contribution < -0.4 is 24.8 Å². The van der Waals surface area contributed by atoms with Gasteiger partial charge >= 0.3 is 59.5 Å². The molecule has 0 N–H and O–H groups in total. The van der Waals surface area contributed by atoms with E-state index in [2.05, 4.69) is 90.1 Å². The first kappa shape index (κ1) is 32.3. The summed E-state index contributed by atoms with van der Waals surface area (Å²) in [6.07, 6.45) is 24.4. The Bertz CT molecular complexity index is 1280. The second kappa shape index (κ2) is 12.7. The maximum atomic E-state index is 3.65. The van der Waals surface area contributed by atoms with Crippen molar-refractivity contribution in [2.75, 3.05) is 0 Å². The standard InChI is InChI=1S/C25H25.C6H10.C5H5.2ClH.Zr/c1-14-12-24(3,4)22-8-16-7-17-9-23-19(15(2)13-25(23,5)6)11-21(17)20(16)10-18(14)22;1-2-4-6-5-3-1;1-2-4-5-3-1;;;/h8-12H,7H2,1-6H3;1-5H2;1-3H,4H2;2*1H;/q-1;;-1;;;+2/p-2. The molecular formula is C36H40Cl2Zr-2. The second-order valence-electron chi connectivity index (χ2n) is 12.4. The van der Waals surface area contributed by atoms with Crippen LogP contribution in [-0.4, -0.2) is 3.21 Å². The zero-order valence-corrected chi connectivity index (χ0v) is 28.3. The van der Waals surface area contributed by atoms with Crippen molar-refractivity contribution < 1.29 is 49.0 Å². The van der Waals surface area contributed by atoms with E-state index < -0.39 is 0 Å². The van der Waals surface area contributed by atoms with Crippen molar-refractivity contribution >= 4 is 14.4 Å². The van der Waals surface area contributed by atoms with Crippen LogP contribution in [0.15, 0.2) is 48.6 Å². The SMILES string of the molecule is CC1=[C-]C(C)(C)c2cc3c(cc21)-c1cc2c(cc1C3)C(C)(C)C=C2C.[C-]1=CC=CC1.[Cl-].[Cl-].[Zr+2]=[C]1CCCCC1.